The molecule has 1 N–H and O–H groups in total. The summed E-state index contributed by atoms with van der Waals surface area (Å²) < 4.78 is 0. The molecular formula is C15H18N2. The first-order valence-corrected chi connectivity index (χ1v) is 6.41. The number of benzene rings is 1. The fourth-order valence-electron chi connectivity index (χ4n) is 2.30. The average molecular weight is 226 g/mol. The minimum absolute atomic E-state index is 0.796. The molecule has 1 fully saturated rings. The maximum Gasteiger partial charge on any atom is 0.0707 e. The van der Waals surface area contributed by atoms with Gasteiger partial charge in [-0.25, -0.2) is 0 Å². The second kappa shape index (κ2) is 4.46. The normalized spacial score (nSPS) is 15.4. The fraction of sp³-hybridized carbons (Fsp3) is 0.400. The lowest BCUT2D eigenvalue weighted by Gasteiger charge is -2.08. The van der Waals surface area contributed by atoms with Crippen LogP contribution in [0.2, 0.25) is 0 Å². The zero-order valence-electron chi connectivity index (χ0n) is 10.2. The van der Waals surface area contributed by atoms with Gasteiger partial charge in [0.05, 0.1) is 5.52 Å². The second-order valence-corrected chi connectivity index (χ2v) is 4.92. The number of rotatable bonds is 4. The Morgan fingerprint density at radius 3 is 2.94 bits per heavy atom. The van der Waals surface area contributed by atoms with Gasteiger partial charge in [-0.1, -0.05) is 18.2 Å². The Morgan fingerprint density at radius 1 is 1.29 bits per heavy atom. The van der Waals surface area contributed by atoms with Gasteiger partial charge >= 0.3 is 0 Å². The third-order valence-corrected chi connectivity index (χ3v) is 3.33. The molecule has 3 rings (SSSR count). The molecule has 1 aliphatic carbocycles. The average Bonchev–Trinajstić information content (AvgIpc) is 3.13. The number of hydrogen-bond acceptors (Lipinski definition) is 2. The quantitative estimate of drug-likeness (QED) is 0.867. The lowest BCUT2D eigenvalue weighted by Crippen LogP contribution is -2.19. The standard InChI is InChI=1S/C15H18N2/c1-11-10-12(8-9-16-13-6-7-13)14-4-2-3-5-15(14)17-11/h2-5,10,13,16H,6-9H2,1H3. The smallest absolute Gasteiger partial charge is 0.0707 e. The molecule has 1 saturated carbocycles. The molecule has 1 heterocycles. The molecular weight excluding hydrogens is 208 g/mol. The van der Waals surface area contributed by atoms with Crippen molar-refractivity contribution >= 4 is 10.9 Å². The van der Waals surface area contributed by atoms with Crippen molar-refractivity contribution in [1.82, 2.24) is 10.3 Å². The van der Waals surface area contributed by atoms with Crippen LogP contribution in [0.25, 0.3) is 10.9 Å². The Hall–Kier alpha value is -1.41. The van der Waals surface area contributed by atoms with Crippen molar-refractivity contribution in [2.45, 2.75) is 32.2 Å². The van der Waals surface area contributed by atoms with Crippen LogP contribution >= 0.6 is 0 Å². The molecule has 0 unspecified atom stereocenters. The van der Waals surface area contributed by atoms with Crippen molar-refractivity contribution in [2.24, 2.45) is 0 Å². The summed E-state index contributed by atoms with van der Waals surface area (Å²) >= 11 is 0. The first-order chi connectivity index (χ1) is 8.33. The third-order valence-electron chi connectivity index (χ3n) is 3.33. The van der Waals surface area contributed by atoms with Gasteiger partial charge < -0.3 is 5.32 Å². The number of hydrogen-bond donors (Lipinski definition) is 1. The van der Waals surface area contributed by atoms with Crippen LogP contribution in [-0.4, -0.2) is 17.6 Å². The van der Waals surface area contributed by atoms with Gasteiger partial charge in [-0.3, -0.25) is 4.98 Å². The fourth-order valence-corrected chi connectivity index (χ4v) is 2.30. The molecule has 0 bridgehead atoms. The van der Waals surface area contributed by atoms with Gasteiger partial charge in [-0.2, -0.15) is 0 Å². The van der Waals surface area contributed by atoms with Crippen LogP contribution in [0, 0.1) is 6.92 Å². The van der Waals surface area contributed by atoms with Crippen LogP contribution in [0.15, 0.2) is 30.3 Å². The molecule has 1 aliphatic rings. The maximum absolute atomic E-state index is 4.57. The van der Waals surface area contributed by atoms with Crippen molar-refractivity contribution in [1.29, 1.82) is 0 Å². The maximum atomic E-state index is 4.57. The SMILES string of the molecule is Cc1cc(CCNC2CC2)c2ccccc2n1. The summed E-state index contributed by atoms with van der Waals surface area (Å²) in [5.41, 5.74) is 3.65. The van der Waals surface area contributed by atoms with E-state index in [0.29, 0.717) is 0 Å². The highest BCUT2D eigenvalue weighted by Gasteiger charge is 2.19. The minimum Gasteiger partial charge on any atom is -0.314 e. The van der Waals surface area contributed by atoms with Gasteiger partial charge in [0.1, 0.15) is 0 Å². The van der Waals surface area contributed by atoms with Crippen molar-refractivity contribution in [3.8, 4) is 0 Å². The van der Waals surface area contributed by atoms with E-state index < -0.39 is 0 Å². The Labute approximate surface area is 102 Å². The molecule has 2 nitrogen and oxygen atoms in total. The predicted molar refractivity (Wildman–Crippen MR) is 71.2 cm³/mol. The molecule has 0 saturated heterocycles. The van der Waals surface area contributed by atoms with Crippen LogP contribution in [0.5, 0.6) is 0 Å². The van der Waals surface area contributed by atoms with Crippen LogP contribution in [0.4, 0.5) is 0 Å². The highest BCUT2D eigenvalue weighted by Crippen LogP contribution is 2.20. The highest BCUT2D eigenvalue weighted by atomic mass is 14.9. The van der Waals surface area contributed by atoms with Gasteiger partial charge in [0.15, 0.2) is 0 Å². The van der Waals surface area contributed by atoms with E-state index in [4.69, 9.17) is 0 Å². The molecule has 2 aromatic rings. The zero-order chi connectivity index (χ0) is 11.7. The van der Waals surface area contributed by atoms with E-state index in [0.717, 1.165) is 30.2 Å². The van der Waals surface area contributed by atoms with E-state index in [2.05, 4.69) is 47.6 Å². The highest BCUT2D eigenvalue weighted by molar-refractivity contribution is 5.82. The Morgan fingerprint density at radius 2 is 2.12 bits per heavy atom. The van der Waals surface area contributed by atoms with E-state index in [1.165, 1.54) is 23.8 Å². The summed E-state index contributed by atoms with van der Waals surface area (Å²) in [6, 6.07) is 11.4. The van der Waals surface area contributed by atoms with Crippen molar-refractivity contribution < 1.29 is 0 Å². The van der Waals surface area contributed by atoms with E-state index in [1.807, 2.05) is 0 Å². The summed E-state index contributed by atoms with van der Waals surface area (Å²) in [4.78, 5) is 4.57. The van der Waals surface area contributed by atoms with Gasteiger partial charge in [0.25, 0.3) is 0 Å². The number of pyridine rings is 1. The molecule has 1 aromatic heterocycles. The number of aromatic nitrogens is 1. The monoisotopic (exact) mass is 226 g/mol. The van der Waals surface area contributed by atoms with Gasteiger partial charge in [0, 0.05) is 17.1 Å². The van der Waals surface area contributed by atoms with Gasteiger partial charge in [-0.05, 0) is 50.4 Å². The molecule has 0 spiro atoms. The number of para-hydroxylation sites is 1. The summed E-state index contributed by atoms with van der Waals surface area (Å²) in [6.45, 7) is 3.16. The van der Waals surface area contributed by atoms with Crippen LogP contribution < -0.4 is 5.32 Å². The van der Waals surface area contributed by atoms with Crippen LogP contribution in [0.3, 0.4) is 0 Å². The number of nitrogens with zero attached hydrogens (tertiary/aromatic N) is 1. The molecule has 0 amide bonds. The summed E-state index contributed by atoms with van der Waals surface area (Å²) in [5.74, 6) is 0. The first kappa shape index (κ1) is 10.7. The lowest BCUT2D eigenvalue weighted by molar-refractivity contribution is 0.683. The summed E-state index contributed by atoms with van der Waals surface area (Å²) in [5, 5.41) is 4.87. The third kappa shape index (κ3) is 2.47. The minimum atomic E-state index is 0.796. The Balaban J connectivity index is 1.85. The van der Waals surface area contributed by atoms with Crippen LogP contribution in [0.1, 0.15) is 24.1 Å². The predicted octanol–water partition coefficient (Wildman–Crippen LogP) is 2.84. The summed E-state index contributed by atoms with van der Waals surface area (Å²) in [7, 11) is 0. The van der Waals surface area contributed by atoms with Crippen LogP contribution in [-0.2, 0) is 6.42 Å². The van der Waals surface area contributed by atoms with E-state index in [1.54, 1.807) is 0 Å². The van der Waals surface area contributed by atoms with Crippen molar-refractivity contribution in [3.05, 3.63) is 41.6 Å². The number of aryl methyl sites for hydroxylation is 1. The molecule has 2 heteroatoms. The molecule has 0 radical (unpaired) electrons. The van der Waals surface area contributed by atoms with E-state index >= 15 is 0 Å². The van der Waals surface area contributed by atoms with Gasteiger partial charge in [0.2, 0.25) is 0 Å². The number of fused-ring (bicyclic) bond motifs is 1. The molecule has 0 aliphatic heterocycles. The van der Waals surface area contributed by atoms with Crippen molar-refractivity contribution in [3.63, 3.8) is 0 Å². The number of nitrogens with one attached hydrogen (secondary N) is 1. The van der Waals surface area contributed by atoms with Crippen molar-refractivity contribution in [2.75, 3.05) is 6.54 Å². The second-order valence-electron chi connectivity index (χ2n) is 4.92. The molecule has 17 heavy (non-hydrogen) atoms. The molecule has 1 aromatic carbocycles. The van der Waals surface area contributed by atoms with Gasteiger partial charge in [-0.15, -0.1) is 0 Å². The first-order valence-electron chi connectivity index (χ1n) is 6.41. The largest absolute Gasteiger partial charge is 0.314 e. The summed E-state index contributed by atoms with van der Waals surface area (Å²) in [6.07, 6.45) is 3.81. The molecule has 0 atom stereocenters. The van der Waals surface area contributed by atoms with E-state index in [-0.39, 0.29) is 0 Å². The molecule has 88 valence electrons. The zero-order valence-corrected chi connectivity index (χ0v) is 10.2. The topological polar surface area (TPSA) is 24.9 Å². The van der Waals surface area contributed by atoms with E-state index in [9.17, 15) is 0 Å². The lowest BCUT2D eigenvalue weighted by atomic mass is 10.1. The Bertz CT molecular complexity index is 529. The Kier molecular flexibility index (Phi) is 2.81.